The van der Waals surface area contributed by atoms with E-state index in [1.54, 1.807) is 28.6 Å². The van der Waals surface area contributed by atoms with E-state index in [-0.39, 0.29) is 0 Å². The molecule has 1 N–H and O–H groups in total. The van der Waals surface area contributed by atoms with Crippen molar-refractivity contribution in [2.45, 2.75) is 17.3 Å². The molecule has 0 aliphatic heterocycles. The Hall–Kier alpha value is -0.130. The van der Waals surface area contributed by atoms with E-state index in [4.69, 9.17) is 0 Å². The fourth-order valence-electron chi connectivity index (χ4n) is 0.505. The maximum atomic E-state index is 3.93. The number of hydrogen-bond donors (Lipinski definition) is 1. The monoisotopic (exact) mass is 189 g/mol. The summed E-state index contributed by atoms with van der Waals surface area (Å²) >= 11 is 3.33. The van der Waals surface area contributed by atoms with Crippen molar-refractivity contribution in [1.29, 1.82) is 0 Å². The quantitative estimate of drug-likeness (QED) is 0.723. The summed E-state index contributed by atoms with van der Waals surface area (Å²) in [7, 11) is 1.96. The van der Waals surface area contributed by atoms with Crippen LogP contribution in [0.25, 0.3) is 0 Å². The second-order valence-corrected chi connectivity index (χ2v) is 4.31. The summed E-state index contributed by atoms with van der Waals surface area (Å²) in [5.74, 6) is 1.05. The number of thioether (sulfide) groups is 1. The Bertz CT molecular complexity index is 188. The number of aromatic nitrogens is 2. The Morgan fingerprint density at radius 1 is 1.82 bits per heavy atom. The summed E-state index contributed by atoms with van der Waals surface area (Å²) in [6.07, 6.45) is 0. The lowest BCUT2D eigenvalue weighted by Gasteiger charge is -2.06. The molecule has 1 heterocycles. The van der Waals surface area contributed by atoms with E-state index in [0.717, 1.165) is 10.1 Å². The van der Waals surface area contributed by atoms with E-state index in [1.165, 1.54) is 0 Å². The van der Waals surface area contributed by atoms with Gasteiger partial charge in [-0.25, -0.2) is 0 Å². The van der Waals surface area contributed by atoms with Gasteiger partial charge in [-0.3, -0.25) is 0 Å². The standard InChI is InChI=1S/C6H11N3S2/c1-5(7-2)3-10-6-9-8-4-11-6/h4-5,7H,3H2,1-2H3. The summed E-state index contributed by atoms with van der Waals surface area (Å²) in [6, 6.07) is 0.531. The summed E-state index contributed by atoms with van der Waals surface area (Å²) in [6.45, 7) is 2.15. The molecule has 0 aromatic carbocycles. The van der Waals surface area contributed by atoms with Crippen LogP contribution in [-0.2, 0) is 0 Å². The second kappa shape index (κ2) is 4.69. The first-order valence-corrected chi connectivity index (χ1v) is 5.25. The van der Waals surface area contributed by atoms with E-state index < -0.39 is 0 Å². The van der Waals surface area contributed by atoms with Crippen LogP contribution in [0, 0.1) is 0 Å². The lowest BCUT2D eigenvalue weighted by molar-refractivity contribution is 0.677. The van der Waals surface area contributed by atoms with Crippen molar-refractivity contribution >= 4 is 23.1 Å². The average molecular weight is 189 g/mol. The van der Waals surface area contributed by atoms with Gasteiger partial charge in [0.1, 0.15) is 5.51 Å². The molecule has 0 saturated carbocycles. The molecule has 0 radical (unpaired) electrons. The molecule has 0 bridgehead atoms. The summed E-state index contributed by atoms with van der Waals surface area (Å²) in [5.41, 5.74) is 1.76. The fraction of sp³-hybridized carbons (Fsp3) is 0.667. The molecule has 0 saturated heterocycles. The topological polar surface area (TPSA) is 37.8 Å². The zero-order valence-electron chi connectivity index (χ0n) is 6.57. The zero-order valence-corrected chi connectivity index (χ0v) is 8.21. The highest BCUT2D eigenvalue weighted by molar-refractivity contribution is 8.01. The van der Waals surface area contributed by atoms with Crippen LogP contribution < -0.4 is 5.32 Å². The SMILES string of the molecule is CNC(C)CSc1nncs1. The maximum absolute atomic E-state index is 3.93. The van der Waals surface area contributed by atoms with E-state index in [9.17, 15) is 0 Å². The molecule has 1 aromatic rings. The number of nitrogens with one attached hydrogen (secondary N) is 1. The Labute approximate surface area is 74.6 Å². The summed E-state index contributed by atoms with van der Waals surface area (Å²) < 4.78 is 1.05. The molecule has 0 aliphatic rings. The first-order valence-electron chi connectivity index (χ1n) is 3.39. The van der Waals surface area contributed by atoms with Gasteiger partial charge in [0.15, 0.2) is 4.34 Å². The van der Waals surface area contributed by atoms with Crippen molar-refractivity contribution in [3.8, 4) is 0 Å². The smallest absolute Gasteiger partial charge is 0.174 e. The van der Waals surface area contributed by atoms with Gasteiger partial charge >= 0.3 is 0 Å². The molecule has 11 heavy (non-hydrogen) atoms. The molecule has 0 amide bonds. The van der Waals surface area contributed by atoms with Gasteiger partial charge in [0.25, 0.3) is 0 Å². The second-order valence-electron chi connectivity index (χ2n) is 2.21. The molecule has 1 aromatic heterocycles. The molecule has 0 fully saturated rings. The Morgan fingerprint density at radius 3 is 3.18 bits per heavy atom. The van der Waals surface area contributed by atoms with Gasteiger partial charge < -0.3 is 5.32 Å². The number of rotatable bonds is 4. The number of nitrogens with zero attached hydrogens (tertiary/aromatic N) is 2. The van der Waals surface area contributed by atoms with Crippen molar-refractivity contribution in [3.63, 3.8) is 0 Å². The molecule has 0 aliphatic carbocycles. The third-order valence-corrected chi connectivity index (χ3v) is 3.41. The van der Waals surface area contributed by atoms with Crippen molar-refractivity contribution in [3.05, 3.63) is 5.51 Å². The van der Waals surface area contributed by atoms with Crippen molar-refractivity contribution in [1.82, 2.24) is 15.5 Å². The first-order chi connectivity index (χ1) is 5.33. The minimum atomic E-state index is 0.531. The minimum absolute atomic E-state index is 0.531. The van der Waals surface area contributed by atoms with Crippen LogP contribution in [0.5, 0.6) is 0 Å². The van der Waals surface area contributed by atoms with Gasteiger partial charge in [-0.1, -0.05) is 23.1 Å². The number of hydrogen-bond acceptors (Lipinski definition) is 5. The van der Waals surface area contributed by atoms with Gasteiger partial charge in [0.2, 0.25) is 0 Å². The summed E-state index contributed by atoms with van der Waals surface area (Å²) in [5, 5.41) is 10.8. The Morgan fingerprint density at radius 2 is 2.64 bits per heavy atom. The highest BCUT2D eigenvalue weighted by atomic mass is 32.2. The molecule has 62 valence electrons. The normalized spacial score (nSPS) is 13.3. The predicted molar refractivity (Wildman–Crippen MR) is 49.2 cm³/mol. The molecule has 5 heteroatoms. The van der Waals surface area contributed by atoms with Gasteiger partial charge in [-0.15, -0.1) is 10.2 Å². The van der Waals surface area contributed by atoms with Crippen molar-refractivity contribution in [2.24, 2.45) is 0 Å². The molecule has 1 atom stereocenters. The van der Waals surface area contributed by atoms with E-state index in [0.29, 0.717) is 6.04 Å². The van der Waals surface area contributed by atoms with Crippen LogP contribution in [-0.4, -0.2) is 29.0 Å². The fourth-order valence-corrected chi connectivity index (χ4v) is 2.05. The van der Waals surface area contributed by atoms with Crippen LogP contribution in [0.3, 0.4) is 0 Å². The molecule has 0 spiro atoms. The first kappa shape index (κ1) is 8.96. The van der Waals surface area contributed by atoms with E-state index in [1.807, 2.05) is 7.05 Å². The molecule has 1 rings (SSSR count). The third kappa shape index (κ3) is 3.18. The molecular weight excluding hydrogens is 178 g/mol. The van der Waals surface area contributed by atoms with E-state index >= 15 is 0 Å². The largest absolute Gasteiger partial charge is 0.316 e. The van der Waals surface area contributed by atoms with Crippen LogP contribution in [0.15, 0.2) is 9.85 Å². The van der Waals surface area contributed by atoms with Gasteiger partial charge in [-0.05, 0) is 14.0 Å². The molecule has 3 nitrogen and oxygen atoms in total. The van der Waals surface area contributed by atoms with Gasteiger partial charge in [0.05, 0.1) is 0 Å². The molecular formula is C6H11N3S2. The lowest BCUT2D eigenvalue weighted by Crippen LogP contribution is -2.23. The average Bonchev–Trinajstić information content (AvgIpc) is 2.52. The van der Waals surface area contributed by atoms with Crippen LogP contribution >= 0.6 is 23.1 Å². The molecule has 1 unspecified atom stereocenters. The Kier molecular flexibility index (Phi) is 3.82. The van der Waals surface area contributed by atoms with Crippen LogP contribution in [0.2, 0.25) is 0 Å². The van der Waals surface area contributed by atoms with Gasteiger partial charge in [-0.2, -0.15) is 0 Å². The highest BCUT2D eigenvalue weighted by Crippen LogP contribution is 2.19. The van der Waals surface area contributed by atoms with E-state index in [2.05, 4.69) is 22.4 Å². The van der Waals surface area contributed by atoms with Gasteiger partial charge in [0, 0.05) is 11.8 Å². The maximum Gasteiger partial charge on any atom is 0.174 e. The Balaban J connectivity index is 2.23. The lowest BCUT2D eigenvalue weighted by atomic mass is 10.4. The predicted octanol–water partition coefficient (Wildman–Crippen LogP) is 1.24. The van der Waals surface area contributed by atoms with Crippen molar-refractivity contribution in [2.75, 3.05) is 12.8 Å². The van der Waals surface area contributed by atoms with Crippen molar-refractivity contribution < 1.29 is 0 Å². The summed E-state index contributed by atoms with van der Waals surface area (Å²) in [4.78, 5) is 0. The van der Waals surface area contributed by atoms with Crippen LogP contribution in [0.4, 0.5) is 0 Å². The zero-order chi connectivity index (χ0) is 8.10. The third-order valence-electron chi connectivity index (χ3n) is 1.29. The van der Waals surface area contributed by atoms with Crippen LogP contribution in [0.1, 0.15) is 6.92 Å². The highest BCUT2D eigenvalue weighted by Gasteiger charge is 2.01. The minimum Gasteiger partial charge on any atom is -0.316 e.